The van der Waals surface area contributed by atoms with E-state index in [1.165, 1.54) is 22.8 Å². The summed E-state index contributed by atoms with van der Waals surface area (Å²) in [5, 5.41) is 38.8. The summed E-state index contributed by atoms with van der Waals surface area (Å²) in [4.78, 5) is 0. The second kappa shape index (κ2) is 4.76. The third-order valence-corrected chi connectivity index (χ3v) is 3.03. The lowest BCUT2D eigenvalue weighted by Gasteiger charge is -2.11. The number of aromatic hydroxyl groups is 4. The predicted molar refractivity (Wildman–Crippen MR) is 70.7 cm³/mol. The Morgan fingerprint density at radius 3 is 2.21 bits per heavy atom. The van der Waals surface area contributed by atoms with Crippen molar-refractivity contribution in [3.8, 4) is 23.3 Å². The Morgan fingerprint density at radius 1 is 1.00 bits per heavy atom. The Hall–Kier alpha value is -2.30. The van der Waals surface area contributed by atoms with Crippen LogP contribution in [0.3, 0.4) is 0 Å². The molecule has 19 heavy (non-hydrogen) atoms. The summed E-state index contributed by atoms with van der Waals surface area (Å²) in [6.07, 6.45) is 0.269. The minimum Gasteiger partial charge on any atom is -0.508 e. The topological polar surface area (TPSA) is 85.9 Å². The second-order valence-electron chi connectivity index (χ2n) is 4.80. The van der Waals surface area contributed by atoms with E-state index in [1.54, 1.807) is 6.07 Å². The Balaban J connectivity index is 2.36. The Labute approximate surface area is 111 Å². The summed E-state index contributed by atoms with van der Waals surface area (Å²) in [5.41, 5.74) is 1.08. The van der Waals surface area contributed by atoms with Crippen LogP contribution in [0.2, 0.25) is 0 Å². The van der Waals surface area contributed by atoms with E-state index < -0.39 is 0 Å². The second-order valence-corrected chi connectivity index (χ2v) is 4.80. The first-order valence-electron chi connectivity index (χ1n) is 6.03. The molecule has 0 saturated heterocycles. The number of rotatable bonds is 3. The van der Waals surface area contributed by atoms with Crippen molar-refractivity contribution < 1.29 is 20.4 Å². The van der Waals surface area contributed by atoms with Crippen molar-refractivity contribution in [3.63, 3.8) is 0 Å². The van der Waals surface area contributed by atoms with E-state index in [4.69, 9.17) is 0 Å². The third kappa shape index (κ3) is 2.45. The van der Waals surface area contributed by atoms with Crippen molar-refractivity contribution >= 4 is 0 Å². The maximum atomic E-state index is 10.1. The molecule has 0 amide bonds. The molecule has 2 aromatic rings. The third-order valence-electron chi connectivity index (χ3n) is 3.03. The SMILES string of the molecule is CC(C)n1c(O)cc(Cc2ccc(O)cc2O)c1O. The van der Waals surface area contributed by atoms with Gasteiger partial charge >= 0.3 is 0 Å². The molecule has 5 heteroatoms. The molecule has 0 aliphatic carbocycles. The first-order valence-corrected chi connectivity index (χ1v) is 6.03. The van der Waals surface area contributed by atoms with Gasteiger partial charge in [0.15, 0.2) is 11.8 Å². The Bertz CT molecular complexity index is 602. The number of hydrogen-bond acceptors (Lipinski definition) is 4. The van der Waals surface area contributed by atoms with Crippen LogP contribution in [0.25, 0.3) is 0 Å². The number of phenolic OH excluding ortho intramolecular Hbond substituents is 2. The fourth-order valence-electron chi connectivity index (χ4n) is 2.10. The summed E-state index contributed by atoms with van der Waals surface area (Å²) in [6, 6.07) is 5.69. The fourth-order valence-corrected chi connectivity index (χ4v) is 2.10. The lowest BCUT2D eigenvalue weighted by Crippen LogP contribution is -1.99. The summed E-state index contributed by atoms with van der Waals surface area (Å²) in [6.45, 7) is 3.70. The van der Waals surface area contributed by atoms with Gasteiger partial charge in [-0.05, 0) is 25.5 Å². The zero-order valence-corrected chi connectivity index (χ0v) is 10.8. The lowest BCUT2D eigenvalue weighted by molar-refractivity contribution is 0.348. The maximum absolute atomic E-state index is 10.1. The molecule has 0 aliphatic heterocycles. The summed E-state index contributed by atoms with van der Waals surface area (Å²) < 4.78 is 1.41. The normalized spacial score (nSPS) is 11.1. The van der Waals surface area contributed by atoms with Gasteiger partial charge in [0.2, 0.25) is 0 Å². The van der Waals surface area contributed by atoms with Crippen molar-refractivity contribution in [2.75, 3.05) is 0 Å². The zero-order chi connectivity index (χ0) is 14.2. The molecule has 0 atom stereocenters. The zero-order valence-electron chi connectivity index (χ0n) is 10.8. The molecular weight excluding hydrogens is 246 g/mol. The van der Waals surface area contributed by atoms with Gasteiger partial charge in [-0.25, -0.2) is 0 Å². The lowest BCUT2D eigenvalue weighted by atomic mass is 10.1. The number of hydrogen-bond donors (Lipinski definition) is 4. The maximum Gasteiger partial charge on any atom is 0.197 e. The van der Waals surface area contributed by atoms with Crippen molar-refractivity contribution in [2.45, 2.75) is 26.3 Å². The first kappa shape index (κ1) is 13.1. The van der Waals surface area contributed by atoms with Gasteiger partial charge in [-0.2, -0.15) is 0 Å². The quantitative estimate of drug-likeness (QED) is 0.685. The van der Waals surface area contributed by atoms with Gasteiger partial charge in [-0.15, -0.1) is 0 Å². The summed E-state index contributed by atoms with van der Waals surface area (Å²) >= 11 is 0. The van der Waals surface area contributed by atoms with E-state index in [2.05, 4.69) is 0 Å². The molecule has 0 fully saturated rings. The van der Waals surface area contributed by atoms with Crippen LogP contribution in [0.15, 0.2) is 24.3 Å². The summed E-state index contributed by atoms with van der Waals surface area (Å²) in [7, 11) is 0. The minimum atomic E-state index is -0.0674. The molecule has 102 valence electrons. The van der Waals surface area contributed by atoms with Gasteiger partial charge < -0.3 is 20.4 Å². The fraction of sp³-hybridized carbons (Fsp3) is 0.286. The van der Waals surface area contributed by atoms with E-state index in [0.717, 1.165) is 0 Å². The number of phenols is 2. The molecule has 1 aromatic carbocycles. The molecule has 4 N–H and O–H groups in total. The van der Waals surface area contributed by atoms with Gasteiger partial charge in [0.05, 0.1) is 0 Å². The number of benzene rings is 1. The largest absolute Gasteiger partial charge is 0.508 e. The Morgan fingerprint density at radius 2 is 1.68 bits per heavy atom. The van der Waals surface area contributed by atoms with E-state index >= 15 is 0 Å². The Kier molecular flexibility index (Phi) is 3.29. The highest BCUT2D eigenvalue weighted by Gasteiger charge is 2.17. The summed E-state index contributed by atoms with van der Waals surface area (Å²) in [5.74, 6) is -0.0926. The van der Waals surface area contributed by atoms with Gasteiger partial charge in [0.25, 0.3) is 0 Å². The van der Waals surface area contributed by atoms with Gasteiger partial charge in [0.1, 0.15) is 11.5 Å². The molecule has 0 bridgehead atoms. The van der Waals surface area contributed by atoms with Crippen molar-refractivity contribution in [1.29, 1.82) is 0 Å². The van der Waals surface area contributed by atoms with Gasteiger partial charge in [-0.1, -0.05) is 6.07 Å². The molecule has 1 aromatic heterocycles. The van der Waals surface area contributed by atoms with Crippen LogP contribution in [0, 0.1) is 0 Å². The molecule has 1 heterocycles. The molecule has 0 saturated carbocycles. The molecule has 0 spiro atoms. The average molecular weight is 263 g/mol. The highest BCUT2D eigenvalue weighted by atomic mass is 16.3. The van der Waals surface area contributed by atoms with Crippen LogP contribution >= 0.6 is 0 Å². The molecular formula is C14H17NO4. The van der Waals surface area contributed by atoms with Crippen LogP contribution in [-0.4, -0.2) is 25.0 Å². The van der Waals surface area contributed by atoms with Crippen LogP contribution in [0.1, 0.15) is 31.0 Å². The highest BCUT2D eigenvalue weighted by Crippen LogP contribution is 2.34. The molecule has 0 aliphatic rings. The van der Waals surface area contributed by atoms with Crippen molar-refractivity contribution in [3.05, 3.63) is 35.4 Å². The van der Waals surface area contributed by atoms with Crippen LogP contribution < -0.4 is 0 Å². The standard InChI is InChI=1S/C14H17NO4/c1-8(2)15-13(18)6-10(14(15)19)5-9-3-4-11(16)7-12(9)17/h3-4,6-8,16-19H,5H2,1-2H3. The number of aromatic nitrogens is 1. The molecule has 2 rings (SSSR count). The van der Waals surface area contributed by atoms with Crippen molar-refractivity contribution in [1.82, 2.24) is 4.57 Å². The smallest absolute Gasteiger partial charge is 0.197 e. The van der Waals surface area contributed by atoms with Crippen LogP contribution in [0.4, 0.5) is 0 Å². The van der Waals surface area contributed by atoms with Gasteiger partial charge in [-0.3, -0.25) is 4.57 Å². The minimum absolute atomic E-state index is 0.0132. The molecule has 0 unspecified atom stereocenters. The van der Waals surface area contributed by atoms with Gasteiger partial charge in [0, 0.05) is 30.2 Å². The van der Waals surface area contributed by atoms with E-state index in [-0.39, 0.29) is 35.7 Å². The predicted octanol–water partition coefficient (Wildman–Crippen LogP) is 2.48. The van der Waals surface area contributed by atoms with Crippen molar-refractivity contribution in [2.24, 2.45) is 0 Å². The first-order chi connectivity index (χ1) is 8.90. The van der Waals surface area contributed by atoms with Crippen LogP contribution in [0.5, 0.6) is 23.3 Å². The van der Waals surface area contributed by atoms with Crippen LogP contribution in [-0.2, 0) is 6.42 Å². The average Bonchev–Trinajstić information content (AvgIpc) is 2.58. The molecule has 5 nitrogen and oxygen atoms in total. The number of nitrogens with zero attached hydrogens (tertiary/aromatic N) is 1. The highest BCUT2D eigenvalue weighted by molar-refractivity contribution is 5.45. The molecule has 0 radical (unpaired) electrons. The monoisotopic (exact) mass is 263 g/mol. The van der Waals surface area contributed by atoms with E-state index in [0.29, 0.717) is 11.1 Å². The van der Waals surface area contributed by atoms with E-state index in [9.17, 15) is 20.4 Å². The van der Waals surface area contributed by atoms with E-state index in [1.807, 2.05) is 13.8 Å².